The molecule has 0 aliphatic carbocycles. The van der Waals surface area contributed by atoms with Crippen LogP contribution >= 0.6 is 0 Å². The molecule has 118 valence electrons. The Bertz CT molecular complexity index is 656. The molecule has 0 radical (unpaired) electrons. The molecule has 0 saturated heterocycles. The predicted octanol–water partition coefficient (Wildman–Crippen LogP) is 2.21. The second kappa shape index (κ2) is 5.82. The van der Waals surface area contributed by atoms with Gasteiger partial charge in [0.05, 0.1) is 5.69 Å². The van der Waals surface area contributed by atoms with Crippen LogP contribution < -0.4 is 5.32 Å². The molecule has 0 spiro atoms. The van der Waals surface area contributed by atoms with Gasteiger partial charge in [0.1, 0.15) is 11.6 Å². The lowest BCUT2D eigenvalue weighted by molar-refractivity contribution is 0.207. The Morgan fingerprint density at radius 2 is 2.36 bits per heavy atom. The van der Waals surface area contributed by atoms with Gasteiger partial charge in [0, 0.05) is 39.0 Å². The topological polar surface area (TPSA) is 76.2 Å². The molecule has 7 heteroatoms. The fourth-order valence-electron chi connectivity index (χ4n) is 2.75. The molecule has 1 aliphatic rings. The van der Waals surface area contributed by atoms with Crippen molar-refractivity contribution in [1.82, 2.24) is 19.4 Å². The number of hydrogen-bond acceptors (Lipinski definition) is 4. The molecule has 2 amide bonds. The highest BCUT2D eigenvalue weighted by Gasteiger charge is 2.22. The van der Waals surface area contributed by atoms with Crippen molar-refractivity contribution in [3.8, 4) is 0 Å². The van der Waals surface area contributed by atoms with Crippen LogP contribution in [0.4, 0.5) is 10.8 Å². The molecule has 3 heterocycles. The van der Waals surface area contributed by atoms with E-state index in [1.165, 1.54) is 0 Å². The maximum atomic E-state index is 12.2. The quantitative estimate of drug-likeness (QED) is 0.943. The summed E-state index contributed by atoms with van der Waals surface area (Å²) in [6.07, 6.45) is 5.80. The summed E-state index contributed by atoms with van der Waals surface area (Å²) in [5.41, 5.74) is 0.789. The average Bonchev–Trinajstić information content (AvgIpc) is 3.05. The van der Waals surface area contributed by atoms with Crippen molar-refractivity contribution in [2.45, 2.75) is 33.2 Å². The van der Waals surface area contributed by atoms with E-state index < -0.39 is 0 Å². The van der Waals surface area contributed by atoms with Crippen LogP contribution in [0.2, 0.25) is 0 Å². The standard InChI is InChI=1S/C15H21N5O2/c1-10-11(2)22-14(17-10)18-15(21)19(3)9-12-4-6-20-7-5-16-13(20)8-12/h5,7,12H,4,6,8-9H2,1-3H3,(H,17,18,21). The molecule has 1 N–H and O–H groups in total. The van der Waals surface area contributed by atoms with E-state index in [0.29, 0.717) is 12.5 Å². The summed E-state index contributed by atoms with van der Waals surface area (Å²) < 4.78 is 7.55. The first kappa shape index (κ1) is 14.6. The Morgan fingerprint density at radius 1 is 1.55 bits per heavy atom. The number of aromatic nitrogens is 3. The molecule has 0 saturated carbocycles. The number of oxazole rings is 1. The number of anilines is 1. The maximum Gasteiger partial charge on any atom is 0.325 e. The van der Waals surface area contributed by atoms with Crippen LogP contribution in [0.25, 0.3) is 0 Å². The third-order valence-electron chi connectivity index (χ3n) is 4.17. The monoisotopic (exact) mass is 303 g/mol. The van der Waals surface area contributed by atoms with Crippen molar-refractivity contribution in [2.24, 2.45) is 5.92 Å². The van der Waals surface area contributed by atoms with E-state index in [4.69, 9.17) is 4.42 Å². The number of amides is 2. The summed E-state index contributed by atoms with van der Waals surface area (Å²) in [5.74, 6) is 2.25. The summed E-state index contributed by atoms with van der Waals surface area (Å²) in [7, 11) is 1.79. The zero-order valence-electron chi connectivity index (χ0n) is 13.2. The third-order valence-corrected chi connectivity index (χ3v) is 4.17. The largest absolute Gasteiger partial charge is 0.428 e. The van der Waals surface area contributed by atoms with Crippen LogP contribution in [0.5, 0.6) is 0 Å². The van der Waals surface area contributed by atoms with E-state index in [0.717, 1.165) is 36.7 Å². The number of hydrogen-bond donors (Lipinski definition) is 1. The minimum Gasteiger partial charge on any atom is -0.428 e. The van der Waals surface area contributed by atoms with Gasteiger partial charge in [-0.2, -0.15) is 4.98 Å². The van der Waals surface area contributed by atoms with Crippen LogP contribution in [-0.2, 0) is 13.0 Å². The van der Waals surface area contributed by atoms with E-state index in [1.54, 1.807) is 11.9 Å². The van der Waals surface area contributed by atoms with E-state index in [1.807, 2.05) is 26.2 Å². The number of fused-ring (bicyclic) bond motifs is 1. The Kier molecular flexibility index (Phi) is 3.87. The van der Waals surface area contributed by atoms with Crippen LogP contribution in [0, 0.1) is 19.8 Å². The van der Waals surface area contributed by atoms with Gasteiger partial charge in [0.15, 0.2) is 0 Å². The molecule has 1 unspecified atom stereocenters. The molecule has 1 atom stereocenters. The summed E-state index contributed by atoms with van der Waals surface area (Å²) in [6, 6.07) is 0.0567. The summed E-state index contributed by atoms with van der Waals surface area (Å²) in [4.78, 5) is 22.4. The van der Waals surface area contributed by atoms with Crippen molar-refractivity contribution in [3.63, 3.8) is 0 Å². The maximum absolute atomic E-state index is 12.2. The number of nitrogens with one attached hydrogen (secondary N) is 1. The SMILES string of the molecule is Cc1nc(NC(=O)N(C)CC2CCn3ccnc3C2)oc1C. The van der Waals surface area contributed by atoms with Gasteiger partial charge in [-0.15, -0.1) is 0 Å². The van der Waals surface area contributed by atoms with Gasteiger partial charge in [-0.1, -0.05) is 0 Å². The minimum atomic E-state index is -0.199. The number of nitrogens with zero attached hydrogens (tertiary/aromatic N) is 4. The highest BCUT2D eigenvalue weighted by molar-refractivity contribution is 5.86. The number of carbonyl (C=O) groups excluding carboxylic acids is 1. The molecule has 0 aromatic carbocycles. The smallest absolute Gasteiger partial charge is 0.325 e. The molecule has 1 aliphatic heterocycles. The first-order chi connectivity index (χ1) is 10.5. The molecular formula is C15H21N5O2. The molecule has 3 rings (SSSR count). The van der Waals surface area contributed by atoms with Crippen molar-refractivity contribution in [1.29, 1.82) is 0 Å². The van der Waals surface area contributed by atoms with E-state index >= 15 is 0 Å². The second-order valence-corrected chi connectivity index (χ2v) is 5.87. The fraction of sp³-hybridized carbons (Fsp3) is 0.533. The summed E-state index contributed by atoms with van der Waals surface area (Å²) >= 11 is 0. The van der Waals surface area contributed by atoms with Gasteiger partial charge in [0.2, 0.25) is 0 Å². The van der Waals surface area contributed by atoms with Crippen molar-refractivity contribution >= 4 is 12.0 Å². The van der Waals surface area contributed by atoms with Gasteiger partial charge in [-0.05, 0) is 26.2 Å². The second-order valence-electron chi connectivity index (χ2n) is 5.87. The fourth-order valence-corrected chi connectivity index (χ4v) is 2.75. The minimum absolute atomic E-state index is 0.199. The molecule has 2 aromatic heterocycles. The Hall–Kier alpha value is -2.31. The van der Waals surface area contributed by atoms with Gasteiger partial charge in [-0.3, -0.25) is 5.32 Å². The lowest BCUT2D eigenvalue weighted by Crippen LogP contribution is -2.37. The predicted molar refractivity (Wildman–Crippen MR) is 81.7 cm³/mol. The Morgan fingerprint density at radius 3 is 3.09 bits per heavy atom. The lowest BCUT2D eigenvalue weighted by atomic mass is 9.97. The van der Waals surface area contributed by atoms with E-state index in [9.17, 15) is 4.79 Å². The van der Waals surface area contributed by atoms with E-state index in [2.05, 4.69) is 19.9 Å². The summed E-state index contributed by atoms with van der Waals surface area (Å²) in [6.45, 7) is 5.33. The van der Waals surface area contributed by atoms with Crippen molar-refractivity contribution in [3.05, 3.63) is 29.7 Å². The number of imidazole rings is 1. The molecule has 0 bridgehead atoms. The Labute approximate surface area is 129 Å². The first-order valence-corrected chi connectivity index (χ1v) is 7.49. The Balaban J connectivity index is 1.55. The molecule has 22 heavy (non-hydrogen) atoms. The van der Waals surface area contributed by atoms with Crippen molar-refractivity contribution < 1.29 is 9.21 Å². The number of aryl methyl sites for hydroxylation is 3. The molecule has 2 aromatic rings. The number of carbonyl (C=O) groups is 1. The first-order valence-electron chi connectivity index (χ1n) is 7.49. The van der Waals surface area contributed by atoms with E-state index in [-0.39, 0.29) is 12.0 Å². The normalized spacial score (nSPS) is 17.1. The number of urea groups is 1. The van der Waals surface area contributed by atoms with Crippen LogP contribution in [0.3, 0.4) is 0 Å². The third kappa shape index (κ3) is 2.98. The van der Waals surface area contributed by atoms with Gasteiger partial charge in [-0.25, -0.2) is 9.78 Å². The van der Waals surface area contributed by atoms with Gasteiger partial charge in [0.25, 0.3) is 0 Å². The van der Waals surface area contributed by atoms with Crippen LogP contribution in [-0.4, -0.2) is 39.1 Å². The highest BCUT2D eigenvalue weighted by atomic mass is 16.4. The zero-order chi connectivity index (χ0) is 15.7. The summed E-state index contributed by atoms with van der Waals surface area (Å²) in [5, 5.41) is 2.70. The lowest BCUT2D eigenvalue weighted by Gasteiger charge is -2.27. The van der Waals surface area contributed by atoms with Crippen molar-refractivity contribution in [2.75, 3.05) is 18.9 Å². The van der Waals surface area contributed by atoms with Crippen LogP contribution in [0.1, 0.15) is 23.7 Å². The number of rotatable bonds is 3. The molecule has 7 nitrogen and oxygen atoms in total. The molecular weight excluding hydrogens is 282 g/mol. The highest BCUT2D eigenvalue weighted by Crippen LogP contribution is 2.20. The molecule has 0 fully saturated rings. The zero-order valence-corrected chi connectivity index (χ0v) is 13.2. The van der Waals surface area contributed by atoms with Gasteiger partial charge >= 0.3 is 12.0 Å². The average molecular weight is 303 g/mol. The van der Waals surface area contributed by atoms with Gasteiger partial charge < -0.3 is 13.9 Å². The van der Waals surface area contributed by atoms with Crippen LogP contribution in [0.15, 0.2) is 16.8 Å².